The Morgan fingerprint density at radius 3 is 2.65 bits per heavy atom. The fraction of sp³-hybridized carbons (Fsp3) is 0.659. The van der Waals surface area contributed by atoms with Crippen molar-refractivity contribution >= 4 is 34.2 Å². The number of piperidine rings is 1. The molecule has 2 saturated heterocycles. The maximum atomic E-state index is 14.1. The average molecular weight is 795 g/mol. The molecule has 2 aliphatic carbocycles. The number of carbonyl (C=O) groups is 1. The Morgan fingerprint density at radius 2 is 1.85 bits per heavy atom. The molecule has 0 radical (unpaired) electrons. The molecule has 8 rings (SSSR count). The molecule has 1 spiro atoms. The summed E-state index contributed by atoms with van der Waals surface area (Å²) in [5.74, 6) is 1.81. The van der Waals surface area contributed by atoms with E-state index in [4.69, 9.17) is 21.4 Å². The highest BCUT2D eigenvalue weighted by atomic mass is 35.5. The van der Waals surface area contributed by atoms with Crippen molar-refractivity contribution in [2.24, 2.45) is 17.8 Å². The van der Waals surface area contributed by atoms with Gasteiger partial charge in [0.15, 0.2) is 0 Å². The number of aliphatic hydroxyl groups is 1. The highest BCUT2D eigenvalue weighted by Gasteiger charge is 2.46. The summed E-state index contributed by atoms with van der Waals surface area (Å²) in [6, 6.07) is 13.4. The van der Waals surface area contributed by atoms with Gasteiger partial charge in [0, 0.05) is 67.9 Å². The van der Waals surface area contributed by atoms with Gasteiger partial charge in [-0.05, 0) is 144 Å². The van der Waals surface area contributed by atoms with Crippen molar-refractivity contribution < 1.29 is 18.8 Å². The van der Waals surface area contributed by atoms with Gasteiger partial charge in [0.2, 0.25) is 0 Å². The average Bonchev–Trinajstić information content (AvgIpc) is 3.32. The Kier molecular flexibility index (Phi) is 13.3. The molecule has 4 heterocycles. The maximum absolute atomic E-state index is 14.1. The molecule has 3 fully saturated rings. The van der Waals surface area contributed by atoms with Gasteiger partial charge < -0.3 is 19.6 Å². The van der Waals surface area contributed by atoms with Gasteiger partial charge >= 0.3 is 0 Å². The molecule has 2 aromatic rings. The second-order valence-electron chi connectivity index (χ2n) is 17.5. The largest absolute Gasteiger partial charge is 0.490 e. The van der Waals surface area contributed by atoms with Crippen molar-refractivity contribution in [3.63, 3.8) is 0 Å². The highest BCUT2D eigenvalue weighted by molar-refractivity contribution is 7.84. The van der Waals surface area contributed by atoms with Crippen LogP contribution in [0, 0.1) is 17.8 Å². The minimum atomic E-state index is -1.53. The lowest BCUT2D eigenvalue weighted by Crippen LogP contribution is -2.60. The number of aliphatic hydroxyl groups excluding tert-OH is 1. The van der Waals surface area contributed by atoms with Crippen LogP contribution in [-0.4, -0.2) is 121 Å². The number of hydrogen-bond acceptors (Lipinski definition) is 8. The zero-order valence-corrected chi connectivity index (χ0v) is 35.1. The smallest absolute Gasteiger partial charge is 0.263 e. The lowest BCUT2D eigenvalue weighted by molar-refractivity contribution is -0.00159. The first kappa shape index (κ1) is 40.7. The third kappa shape index (κ3) is 8.85. The van der Waals surface area contributed by atoms with Crippen LogP contribution in [0.4, 0.5) is 5.69 Å². The number of hydrogen-bond donors (Lipinski definition) is 2. The Bertz CT molecular complexity index is 1710. The van der Waals surface area contributed by atoms with Crippen LogP contribution in [-0.2, 0) is 22.8 Å². The van der Waals surface area contributed by atoms with Crippen LogP contribution in [0.2, 0.25) is 5.02 Å². The van der Waals surface area contributed by atoms with Crippen molar-refractivity contribution in [3.05, 3.63) is 70.3 Å². The maximum Gasteiger partial charge on any atom is 0.263 e. The molecule has 4 aliphatic heterocycles. The van der Waals surface area contributed by atoms with Crippen LogP contribution < -0.4 is 14.4 Å². The SMILES string of the molecule is CC1C/C=C/C(N2CCN3CCCCC3C2)C2CCC2CN2CC3(CCCc4cc(Cl)ccc43)COc3ccc(cc32)C(=O)NS(=O)C1CCN(C)C.CO. The van der Waals surface area contributed by atoms with Gasteiger partial charge in [-0.2, -0.15) is 0 Å². The number of nitrogens with one attached hydrogen (secondary N) is 1. The van der Waals surface area contributed by atoms with Crippen molar-refractivity contribution in [1.82, 2.24) is 19.4 Å². The molecule has 0 aromatic heterocycles. The predicted molar refractivity (Wildman–Crippen MR) is 225 cm³/mol. The molecule has 2 N–H and O–H groups in total. The summed E-state index contributed by atoms with van der Waals surface area (Å²) in [6.45, 7) is 10.1. The molecular weight excluding hydrogens is 730 g/mol. The number of allylic oxidation sites excluding steroid dienone is 1. The van der Waals surface area contributed by atoms with Crippen LogP contribution in [0.25, 0.3) is 0 Å². The van der Waals surface area contributed by atoms with E-state index in [1.807, 2.05) is 24.3 Å². The van der Waals surface area contributed by atoms with E-state index in [2.05, 4.69) is 69.6 Å². The first-order valence-corrected chi connectivity index (χ1v) is 22.5. The Balaban J connectivity index is 0.00000229. The minimum Gasteiger partial charge on any atom is -0.490 e. The van der Waals surface area contributed by atoms with Crippen LogP contribution in [0.3, 0.4) is 0 Å². The number of anilines is 1. The molecule has 2 bridgehead atoms. The molecule has 1 saturated carbocycles. The number of rotatable bonds is 4. The van der Waals surface area contributed by atoms with E-state index in [9.17, 15) is 9.00 Å². The Morgan fingerprint density at radius 1 is 1.02 bits per heavy atom. The highest BCUT2D eigenvalue weighted by Crippen LogP contribution is 2.47. The van der Waals surface area contributed by atoms with Crippen molar-refractivity contribution in [3.8, 4) is 5.75 Å². The lowest BCUT2D eigenvalue weighted by atomic mass is 9.67. The fourth-order valence-corrected chi connectivity index (χ4v) is 12.1. The standard InChI is InChI=1S/C43H60ClN5O3S.CH4O/c1-30-8-6-11-38(48-23-22-47-20-5-4-10-35(47)27-48)36-15-12-33(36)26-49-28-43(19-7-9-31-24-34(44)14-16-37(31)43)29-52-40-17-13-32(25-39(40)49)42(50)45-53(51)41(30)18-21-46(2)3;1-2/h6,11,13-14,16-17,24-25,30,33,35-36,38,41H,4-5,7-10,12,15,18-23,26-29H2,1-3H3,(H,45,50);2H,1H3/b11-6+;. The molecule has 302 valence electrons. The summed E-state index contributed by atoms with van der Waals surface area (Å²) >= 11 is 6.54. The van der Waals surface area contributed by atoms with Crippen LogP contribution in [0.1, 0.15) is 86.2 Å². The Hall–Kier alpha value is -2.47. The summed E-state index contributed by atoms with van der Waals surface area (Å²) in [7, 11) is 3.59. The van der Waals surface area contributed by atoms with E-state index in [1.54, 1.807) is 0 Å². The number of benzene rings is 2. The molecule has 8 unspecified atom stereocenters. The molecule has 11 heteroatoms. The summed E-state index contributed by atoms with van der Waals surface area (Å²) < 4.78 is 23.8. The van der Waals surface area contributed by atoms with Crippen LogP contribution in [0.15, 0.2) is 48.6 Å². The molecule has 6 aliphatic rings. The molecule has 1 amide bonds. The summed E-state index contributed by atoms with van der Waals surface area (Å²) in [4.78, 5) is 24.2. The Labute approximate surface area is 337 Å². The number of aryl methyl sites for hydroxylation is 1. The normalized spacial score (nSPS) is 33.4. The summed E-state index contributed by atoms with van der Waals surface area (Å²) in [6.07, 6.45) is 16.2. The van der Waals surface area contributed by atoms with Crippen LogP contribution >= 0.6 is 11.6 Å². The second kappa shape index (κ2) is 18.0. The third-order valence-corrected chi connectivity index (χ3v) is 15.6. The van der Waals surface area contributed by atoms with E-state index in [1.165, 1.54) is 56.3 Å². The van der Waals surface area contributed by atoms with Crippen molar-refractivity contribution in [1.29, 1.82) is 0 Å². The number of carbonyl (C=O) groups excluding carboxylic acids is 1. The number of ether oxygens (including phenoxy) is 1. The quantitative estimate of drug-likeness (QED) is 0.350. The number of nitrogens with zero attached hydrogens (tertiary/aromatic N) is 4. The molecular formula is C44H64ClN5O4S. The van der Waals surface area contributed by atoms with Gasteiger partial charge in [-0.1, -0.05) is 43.2 Å². The number of fused-ring (bicyclic) bond motifs is 5. The fourth-order valence-electron chi connectivity index (χ4n) is 10.6. The number of piperazine rings is 1. The van der Waals surface area contributed by atoms with Gasteiger partial charge in [0.1, 0.15) is 16.7 Å². The van der Waals surface area contributed by atoms with E-state index in [-0.39, 0.29) is 22.5 Å². The summed E-state index contributed by atoms with van der Waals surface area (Å²) in [5, 5.41) is 7.64. The molecule has 2 aromatic carbocycles. The lowest BCUT2D eigenvalue weighted by Gasteiger charge is -2.52. The van der Waals surface area contributed by atoms with Crippen molar-refractivity contribution in [2.75, 3.05) is 78.5 Å². The minimum absolute atomic E-state index is 0.153. The summed E-state index contributed by atoms with van der Waals surface area (Å²) in [5.41, 5.74) is 4.04. The van der Waals surface area contributed by atoms with Crippen LogP contribution in [0.5, 0.6) is 5.75 Å². The first-order chi connectivity index (χ1) is 26.7. The van der Waals surface area contributed by atoms with Gasteiger partial charge in [-0.15, -0.1) is 0 Å². The van der Waals surface area contributed by atoms with Crippen molar-refractivity contribution in [2.45, 2.75) is 93.9 Å². The second-order valence-corrected chi connectivity index (χ2v) is 19.3. The van der Waals surface area contributed by atoms with Gasteiger partial charge in [0.25, 0.3) is 5.91 Å². The number of halogens is 1. The number of amides is 1. The molecule has 8 atom stereocenters. The van der Waals surface area contributed by atoms with Gasteiger partial charge in [-0.25, -0.2) is 4.21 Å². The van der Waals surface area contributed by atoms with Gasteiger partial charge in [-0.3, -0.25) is 19.3 Å². The monoisotopic (exact) mass is 793 g/mol. The molecule has 9 nitrogen and oxygen atoms in total. The van der Waals surface area contributed by atoms with E-state index >= 15 is 0 Å². The molecule has 55 heavy (non-hydrogen) atoms. The van der Waals surface area contributed by atoms with E-state index in [0.29, 0.717) is 36.1 Å². The topological polar surface area (TPSA) is 88.6 Å². The predicted octanol–water partition coefficient (Wildman–Crippen LogP) is 6.30. The zero-order chi connectivity index (χ0) is 38.7. The van der Waals surface area contributed by atoms with Gasteiger partial charge in [0.05, 0.1) is 17.5 Å². The van der Waals surface area contributed by atoms with E-state index < -0.39 is 11.0 Å². The van der Waals surface area contributed by atoms with E-state index in [0.717, 1.165) is 88.4 Å². The first-order valence-electron chi connectivity index (χ1n) is 20.9. The third-order valence-electron chi connectivity index (χ3n) is 13.8. The zero-order valence-electron chi connectivity index (χ0n) is 33.6.